The molecule has 6 heterocycles. The number of anilines is 2. The second-order valence-electron chi connectivity index (χ2n) is 11.0. The van der Waals surface area contributed by atoms with E-state index in [1.807, 2.05) is 18.0 Å². The molecule has 3 fully saturated rings. The van der Waals surface area contributed by atoms with Gasteiger partial charge in [-0.1, -0.05) is 5.92 Å². The molecule has 0 bridgehead atoms. The SMILES string of the molecule is CC#CC(=O)N1CC(N2CCC(c3cc4c(c(C)n3)O[C@H](C)c3c(C5CCOCC5)ccnc3N4)CC2)C1. The van der Waals surface area contributed by atoms with Crippen molar-refractivity contribution < 1.29 is 14.3 Å². The number of pyridine rings is 2. The molecular formula is C30H37N5O3. The number of hydrogen-bond acceptors (Lipinski definition) is 7. The lowest BCUT2D eigenvalue weighted by molar-refractivity contribution is -0.132. The Morgan fingerprint density at radius 2 is 1.89 bits per heavy atom. The minimum atomic E-state index is -0.114. The van der Waals surface area contributed by atoms with Crippen molar-refractivity contribution in [3.63, 3.8) is 0 Å². The van der Waals surface area contributed by atoms with Crippen molar-refractivity contribution >= 4 is 17.4 Å². The first-order chi connectivity index (χ1) is 18.5. The van der Waals surface area contributed by atoms with E-state index in [-0.39, 0.29) is 12.0 Å². The molecule has 0 aliphatic carbocycles. The third-order valence-corrected chi connectivity index (χ3v) is 8.65. The number of carbonyl (C=O) groups excluding carboxylic acids is 1. The molecule has 6 rings (SSSR count). The molecule has 0 radical (unpaired) electrons. The zero-order valence-corrected chi connectivity index (χ0v) is 22.6. The standard InChI is InChI=1S/C30H37N5O3/c1-4-5-27(36)35-17-23(18-35)34-12-7-22(8-13-34)25-16-26-29(19(2)32-25)38-20(3)28-24(6-11-31-30(28)33-26)21-9-14-37-15-10-21/h6,11,16,20-23H,7-10,12-15,17-18H2,1-3H3,(H,31,33)/t20-/m1/s1. The van der Waals surface area contributed by atoms with Gasteiger partial charge in [-0.3, -0.25) is 14.7 Å². The van der Waals surface area contributed by atoms with Crippen molar-refractivity contribution in [3.05, 3.63) is 40.8 Å². The second kappa shape index (κ2) is 10.5. The largest absolute Gasteiger partial charge is 0.482 e. The second-order valence-corrected chi connectivity index (χ2v) is 11.0. The summed E-state index contributed by atoms with van der Waals surface area (Å²) in [6.07, 6.45) is 5.98. The first-order valence-electron chi connectivity index (χ1n) is 14.0. The summed E-state index contributed by atoms with van der Waals surface area (Å²) in [5.41, 5.74) is 5.48. The van der Waals surface area contributed by atoms with Crippen LogP contribution in [0.2, 0.25) is 0 Å². The molecular weight excluding hydrogens is 478 g/mol. The average molecular weight is 516 g/mol. The van der Waals surface area contributed by atoms with Gasteiger partial charge in [0, 0.05) is 55.7 Å². The Hall–Kier alpha value is -3.15. The number of fused-ring (bicyclic) bond motifs is 2. The van der Waals surface area contributed by atoms with Crippen LogP contribution in [0.15, 0.2) is 18.3 Å². The smallest absolute Gasteiger partial charge is 0.298 e. The van der Waals surface area contributed by atoms with Gasteiger partial charge in [0.05, 0.1) is 11.4 Å². The van der Waals surface area contributed by atoms with Crippen LogP contribution in [0.3, 0.4) is 0 Å². The van der Waals surface area contributed by atoms with Gasteiger partial charge in [-0.15, -0.1) is 0 Å². The van der Waals surface area contributed by atoms with E-state index in [2.05, 4.69) is 41.1 Å². The quantitative estimate of drug-likeness (QED) is 0.611. The predicted molar refractivity (Wildman–Crippen MR) is 146 cm³/mol. The van der Waals surface area contributed by atoms with E-state index >= 15 is 0 Å². The highest BCUT2D eigenvalue weighted by atomic mass is 16.5. The summed E-state index contributed by atoms with van der Waals surface area (Å²) in [6.45, 7) is 11.1. The van der Waals surface area contributed by atoms with E-state index in [4.69, 9.17) is 19.4 Å². The fourth-order valence-corrected chi connectivity index (χ4v) is 6.48. The molecule has 1 atom stereocenters. The van der Waals surface area contributed by atoms with Crippen molar-refractivity contribution in [2.24, 2.45) is 0 Å². The number of likely N-dealkylation sites (tertiary alicyclic amines) is 2. The molecule has 200 valence electrons. The molecule has 0 unspecified atom stereocenters. The highest BCUT2D eigenvalue weighted by molar-refractivity contribution is 5.94. The van der Waals surface area contributed by atoms with Crippen molar-refractivity contribution in [3.8, 4) is 17.6 Å². The number of rotatable bonds is 3. The van der Waals surface area contributed by atoms with E-state index in [9.17, 15) is 4.79 Å². The third kappa shape index (κ3) is 4.74. The lowest BCUT2D eigenvalue weighted by Gasteiger charge is -2.47. The molecule has 1 N–H and O–H groups in total. The average Bonchev–Trinajstić information content (AvgIpc) is 3.05. The molecule has 4 aliphatic rings. The molecule has 4 aliphatic heterocycles. The zero-order chi connectivity index (χ0) is 26.2. The van der Waals surface area contributed by atoms with Crippen LogP contribution in [-0.4, -0.2) is 71.1 Å². The fourth-order valence-electron chi connectivity index (χ4n) is 6.48. The van der Waals surface area contributed by atoms with Gasteiger partial charge in [0.15, 0.2) is 5.75 Å². The van der Waals surface area contributed by atoms with Gasteiger partial charge in [-0.05, 0) is 89.1 Å². The van der Waals surface area contributed by atoms with Crippen LogP contribution < -0.4 is 10.1 Å². The van der Waals surface area contributed by atoms with Crippen molar-refractivity contribution in [1.29, 1.82) is 0 Å². The number of hydrogen-bond donors (Lipinski definition) is 1. The maximum atomic E-state index is 12.0. The molecule has 0 saturated carbocycles. The van der Waals surface area contributed by atoms with E-state index in [1.165, 1.54) is 5.56 Å². The van der Waals surface area contributed by atoms with Gasteiger partial charge in [0.25, 0.3) is 5.91 Å². The van der Waals surface area contributed by atoms with Crippen LogP contribution in [0, 0.1) is 18.8 Å². The van der Waals surface area contributed by atoms with Crippen LogP contribution in [0.4, 0.5) is 11.5 Å². The number of nitrogens with one attached hydrogen (secondary N) is 1. The number of amides is 1. The van der Waals surface area contributed by atoms with Gasteiger partial charge in [0.2, 0.25) is 0 Å². The summed E-state index contributed by atoms with van der Waals surface area (Å²) in [5, 5.41) is 3.64. The van der Waals surface area contributed by atoms with Gasteiger partial charge in [0.1, 0.15) is 11.9 Å². The lowest BCUT2D eigenvalue weighted by Crippen LogP contribution is -2.61. The van der Waals surface area contributed by atoms with Crippen LogP contribution in [-0.2, 0) is 9.53 Å². The molecule has 3 saturated heterocycles. The topological polar surface area (TPSA) is 79.8 Å². The summed E-state index contributed by atoms with van der Waals surface area (Å²) in [6, 6.07) is 4.79. The Morgan fingerprint density at radius 3 is 2.63 bits per heavy atom. The Morgan fingerprint density at radius 1 is 1.13 bits per heavy atom. The molecule has 2 aromatic heterocycles. The Labute approximate surface area is 225 Å². The normalized spacial score (nSPS) is 22.6. The predicted octanol–water partition coefficient (Wildman–Crippen LogP) is 4.29. The Bertz CT molecular complexity index is 1260. The van der Waals surface area contributed by atoms with Gasteiger partial charge >= 0.3 is 0 Å². The monoisotopic (exact) mass is 515 g/mol. The highest BCUT2D eigenvalue weighted by Gasteiger charge is 2.37. The van der Waals surface area contributed by atoms with Gasteiger partial charge in [-0.25, -0.2) is 4.98 Å². The minimum absolute atomic E-state index is 0.0525. The van der Waals surface area contributed by atoms with E-state index in [0.29, 0.717) is 17.9 Å². The molecule has 38 heavy (non-hydrogen) atoms. The lowest BCUT2D eigenvalue weighted by atomic mass is 9.87. The first kappa shape index (κ1) is 25.1. The van der Waals surface area contributed by atoms with Crippen LogP contribution in [0.5, 0.6) is 5.75 Å². The van der Waals surface area contributed by atoms with E-state index < -0.39 is 0 Å². The highest BCUT2D eigenvalue weighted by Crippen LogP contribution is 2.44. The van der Waals surface area contributed by atoms with E-state index in [0.717, 1.165) is 99.3 Å². The first-order valence-corrected chi connectivity index (χ1v) is 14.0. The molecule has 2 aromatic rings. The molecule has 8 heteroatoms. The number of aromatic nitrogens is 2. The molecule has 0 spiro atoms. The summed E-state index contributed by atoms with van der Waals surface area (Å²) in [4.78, 5) is 26.1. The third-order valence-electron chi connectivity index (χ3n) is 8.65. The Balaban J connectivity index is 1.17. The zero-order valence-electron chi connectivity index (χ0n) is 22.6. The van der Waals surface area contributed by atoms with Gasteiger partial charge in [-0.2, -0.15) is 0 Å². The molecule has 1 amide bonds. The Kier molecular flexibility index (Phi) is 6.98. The maximum Gasteiger partial charge on any atom is 0.298 e. The summed E-state index contributed by atoms with van der Waals surface area (Å²) in [5.74, 6) is 7.89. The summed E-state index contributed by atoms with van der Waals surface area (Å²) in [7, 11) is 0. The molecule has 8 nitrogen and oxygen atoms in total. The number of nitrogens with zero attached hydrogens (tertiary/aromatic N) is 4. The number of aryl methyl sites for hydroxylation is 1. The fraction of sp³-hybridized carbons (Fsp3) is 0.567. The van der Waals surface area contributed by atoms with Crippen molar-refractivity contribution in [2.75, 3.05) is 44.7 Å². The summed E-state index contributed by atoms with van der Waals surface area (Å²) >= 11 is 0. The maximum absolute atomic E-state index is 12.0. The van der Waals surface area contributed by atoms with Crippen LogP contribution >= 0.6 is 0 Å². The van der Waals surface area contributed by atoms with Crippen LogP contribution in [0.1, 0.15) is 80.0 Å². The van der Waals surface area contributed by atoms with Crippen molar-refractivity contribution in [2.45, 2.75) is 70.4 Å². The van der Waals surface area contributed by atoms with Crippen molar-refractivity contribution in [1.82, 2.24) is 19.8 Å². The number of piperidine rings is 1. The van der Waals surface area contributed by atoms with Crippen LogP contribution in [0.25, 0.3) is 0 Å². The molecule has 0 aromatic carbocycles. The number of ether oxygens (including phenoxy) is 2. The van der Waals surface area contributed by atoms with Gasteiger partial charge < -0.3 is 19.7 Å². The minimum Gasteiger partial charge on any atom is -0.482 e. The van der Waals surface area contributed by atoms with E-state index in [1.54, 1.807) is 6.92 Å². The number of carbonyl (C=O) groups is 1. The summed E-state index contributed by atoms with van der Waals surface area (Å²) < 4.78 is 12.2.